The first-order chi connectivity index (χ1) is 6.36. The molecule has 2 aliphatic rings. The zero-order valence-electron chi connectivity index (χ0n) is 8.89. The fourth-order valence-electron chi connectivity index (χ4n) is 2.86. The topological polar surface area (TPSA) is 12.0 Å². The Morgan fingerprint density at radius 1 is 1.15 bits per heavy atom. The molecule has 1 N–H and O–H groups in total. The molecule has 1 heterocycles. The molecule has 0 aromatic heterocycles. The predicted octanol–water partition coefficient (Wildman–Crippen LogP) is 2.81. The van der Waals surface area contributed by atoms with Gasteiger partial charge in [-0.05, 0) is 50.1 Å². The third kappa shape index (κ3) is 2.46. The lowest BCUT2D eigenvalue weighted by molar-refractivity contribution is 0.189. The van der Waals surface area contributed by atoms with Crippen LogP contribution in [0, 0.1) is 17.8 Å². The van der Waals surface area contributed by atoms with Crippen LogP contribution >= 0.6 is 0 Å². The Balaban J connectivity index is 1.70. The molecule has 1 heteroatoms. The minimum absolute atomic E-state index is 0.993. The summed E-state index contributed by atoms with van der Waals surface area (Å²) in [6.07, 6.45) is 8.92. The maximum Gasteiger partial charge on any atom is -0.00462 e. The van der Waals surface area contributed by atoms with E-state index in [4.69, 9.17) is 0 Å². The highest BCUT2D eigenvalue weighted by Crippen LogP contribution is 2.36. The lowest BCUT2D eigenvalue weighted by Gasteiger charge is -2.34. The molecule has 0 amide bonds. The molecule has 2 fully saturated rings. The largest absolute Gasteiger partial charge is 0.317 e. The monoisotopic (exact) mass is 181 g/mol. The molecular formula is C12H23N. The Morgan fingerprint density at radius 3 is 2.38 bits per heavy atom. The zero-order valence-corrected chi connectivity index (χ0v) is 8.89. The fraction of sp³-hybridized carbons (Fsp3) is 1.00. The van der Waals surface area contributed by atoms with Crippen LogP contribution in [0.15, 0.2) is 0 Å². The third-order valence-corrected chi connectivity index (χ3v) is 4.12. The Kier molecular flexibility index (Phi) is 3.26. The van der Waals surface area contributed by atoms with E-state index in [1.165, 1.54) is 51.6 Å². The van der Waals surface area contributed by atoms with E-state index in [2.05, 4.69) is 12.2 Å². The lowest BCUT2D eigenvalue weighted by atomic mass is 9.74. The minimum Gasteiger partial charge on any atom is -0.317 e. The molecular weight excluding hydrogens is 158 g/mol. The maximum atomic E-state index is 3.45. The third-order valence-electron chi connectivity index (χ3n) is 4.12. The summed E-state index contributed by atoms with van der Waals surface area (Å²) in [5.41, 5.74) is 0. The molecule has 1 saturated carbocycles. The van der Waals surface area contributed by atoms with Gasteiger partial charge in [-0.3, -0.25) is 0 Å². The van der Waals surface area contributed by atoms with E-state index >= 15 is 0 Å². The second-order valence-corrected chi connectivity index (χ2v) is 5.10. The average Bonchev–Trinajstić information content (AvgIpc) is 2.12. The summed E-state index contributed by atoms with van der Waals surface area (Å²) in [5.74, 6) is 3.12. The number of nitrogens with one attached hydrogen (secondary N) is 1. The Morgan fingerprint density at radius 2 is 1.85 bits per heavy atom. The second-order valence-electron chi connectivity index (χ2n) is 5.10. The highest BCUT2D eigenvalue weighted by Gasteiger charge is 2.25. The highest BCUT2D eigenvalue weighted by molar-refractivity contribution is 4.78. The van der Waals surface area contributed by atoms with Gasteiger partial charge in [0.2, 0.25) is 0 Å². The van der Waals surface area contributed by atoms with E-state index < -0.39 is 0 Å². The standard InChI is InChI=1S/C12H23N/c1-10(9-11-3-2-4-11)12-5-7-13-8-6-12/h10-13H,2-9H2,1H3. The summed E-state index contributed by atoms with van der Waals surface area (Å²) in [6, 6.07) is 0. The van der Waals surface area contributed by atoms with Crippen LogP contribution in [0.25, 0.3) is 0 Å². The van der Waals surface area contributed by atoms with Crippen LogP contribution in [0.3, 0.4) is 0 Å². The Labute approximate surface area is 82.3 Å². The van der Waals surface area contributed by atoms with Crippen LogP contribution in [0.1, 0.15) is 45.4 Å². The van der Waals surface area contributed by atoms with Gasteiger partial charge in [0, 0.05) is 0 Å². The average molecular weight is 181 g/mol. The van der Waals surface area contributed by atoms with Crippen LogP contribution < -0.4 is 5.32 Å². The van der Waals surface area contributed by atoms with E-state index in [-0.39, 0.29) is 0 Å². The summed E-state index contributed by atoms with van der Waals surface area (Å²) < 4.78 is 0. The van der Waals surface area contributed by atoms with E-state index in [1.807, 2.05) is 0 Å². The summed E-state index contributed by atoms with van der Waals surface area (Å²) >= 11 is 0. The van der Waals surface area contributed by atoms with E-state index in [0.29, 0.717) is 0 Å². The molecule has 1 saturated heterocycles. The van der Waals surface area contributed by atoms with Crippen molar-refractivity contribution in [3.8, 4) is 0 Å². The van der Waals surface area contributed by atoms with Gasteiger partial charge in [-0.15, -0.1) is 0 Å². The van der Waals surface area contributed by atoms with Crippen molar-refractivity contribution in [2.75, 3.05) is 13.1 Å². The second kappa shape index (κ2) is 4.45. The molecule has 0 spiro atoms. The first-order valence-electron chi connectivity index (χ1n) is 6.07. The summed E-state index contributed by atoms with van der Waals surface area (Å²) in [5, 5.41) is 3.45. The van der Waals surface area contributed by atoms with Gasteiger partial charge in [0.05, 0.1) is 0 Å². The predicted molar refractivity (Wildman–Crippen MR) is 56.7 cm³/mol. The molecule has 0 aromatic carbocycles. The zero-order chi connectivity index (χ0) is 9.10. The van der Waals surface area contributed by atoms with E-state index in [1.54, 1.807) is 0 Å². The van der Waals surface area contributed by atoms with Gasteiger partial charge in [0.1, 0.15) is 0 Å². The van der Waals surface area contributed by atoms with Crippen molar-refractivity contribution in [2.45, 2.75) is 45.4 Å². The Hall–Kier alpha value is -0.0400. The van der Waals surface area contributed by atoms with Crippen LogP contribution in [-0.2, 0) is 0 Å². The quantitative estimate of drug-likeness (QED) is 0.706. The highest BCUT2D eigenvalue weighted by atomic mass is 14.9. The number of hydrogen-bond acceptors (Lipinski definition) is 1. The number of piperidine rings is 1. The van der Waals surface area contributed by atoms with Crippen LogP contribution in [-0.4, -0.2) is 13.1 Å². The van der Waals surface area contributed by atoms with Gasteiger partial charge in [0.15, 0.2) is 0 Å². The minimum atomic E-state index is 0.993. The summed E-state index contributed by atoms with van der Waals surface area (Å²) in [7, 11) is 0. The van der Waals surface area contributed by atoms with Gasteiger partial charge in [-0.1, -0.05) is 26.2 Å². The molecule has 1 unspecified atom stereocenters. The van der Waals surface area contributed by atoms with Crippen molar-refractivity contribution in [2.24, 2.45) is 17.8 Å². The van der Waals surface area contributed by atoms with E-state index in [9.17, 15) is 0 Å². The summed E-state index contributed by atoms with van der Waals surface area (Å²) in [6.45, 7) is 5.01. The molecule has 2 rings (SSSR count). The van der Waals surface area contributed by atoms with Gasteiger partial charge in [-0.25, -0.2) is 0 Å². The van der Waals surface area contributed by atoms with Crippen molar-refractivity contribution in [1.82, 2.24) is 5.32 Å². The SMILES string of the molecule is CC(CC1CCC1)C1CCNCC1. The smallest absolute Gasteiger partial charge is 0.00462 e. The summed E-state index contributed by atoms with van der Waals surface area (Å²) in [4.78, 5) is 0. The van der Waals surface area contributed by atoms with Gasteiger partial charge in [-0.2, -0.15) is 0 Å². The maximum absolute atomic E-state index is 3.45. The van der Waals surface area contributed by atoms with Crippen LogP contribution in [0.2, 0.25) is 0 Å². The first kappa shape index (κ1) is 9.51. The fourth-order valence-corrected chi connectivity index (χ4v) is 2.86. The molecule has 0 aromatic rings. The van der Waals surface area contributed by atoms with Crippen molar-refractivity contribution in [3.63, 3.8) is 0 Å². The van der Waals surface area contributed by atoms with E-state index in [0.717, 1.165) is 17.8 Å². The molecule has 0 radical (unpaired) electrons. The normalized spacial score (nSPS) is 28.4. The van der Waals surface area contributed by atoms with Gasteiger partial charge in [0.25, 0.3) is 0 Å². The molecule has 1 atom stereocenters. The van der Waals surface area contributed by atoms with Crippen LogP contribution in [0.4, 0.5) is 0 Å². The molecule has 76 valence electrons. The van der Waals surface area contributed by atoms with Crippen molar-refractivity contribution < 1.29 is 0 Å². The number of rotatable bonds is 3. The van der Waals surface area contributed by atoms with Crippen molar-refractivity contribution in [1.29, 1.82) is 0 Å². The van der Waals surface area contributed by atoms with Gasteiger partial charge >= 0.3 is 0 Å². The lowest BCUT2D eigenvalue weighted by Crippen LogP contribution is -2.32. The molecule has 13 heavy (non-hydrogen) atoms. The Bertz CT molecular complexity index is 145. The van der Waals surface area contributed by atoms with Crippen molar-refractivity contribution >= 4 is 0 Å². The number of hydrogen-bond donors (Lipinski definition) is 1. The molecule has 1 aliphatic heterocycles. The van der Waals surface area contributed by atoms with Crippen LogP contribution in [0.5, 0.6) is 0 Å². The first-order valence-corrected chi connectivity index (χ1v) is 6.07. The molecule has 0 bridgehead atoms. The molecule has 1 nitrogen and oxygen atoms in total. The van der Waals surface area contributed by atoms with Gasteiger partial charge < -0.3 is 5.32 Å². The van der Waals surface area contributed by atoms with Crippen molar-refractivity contribution in [3.05, 3.63) is 0 Å². The molecule has 1 aliphatic carbocycles.